The number of amides is 2. The fourth-order valence-electron chi connectivity index (χ4n) is 1.49. The lowest BCUT2D eigenvalue weighted by Crippen LogP contribution is -2.22. The van der Waals surface area contributed by atoms with Gasteiger partial charge in [-0.15, -0.1) is 0 Å². The van der Waals surface area contributed by atoms with Crippen molar-refractivity contribution in [2.75, 3.05) is 10.6 Å². The molecule has 0 unspecified atom stereocenters. The molecule has 2 rings (SSSR count). The summed E-state index contributed by atoms with van der Waals surface area (Å²) in [7, 11) is 0. The van der Waals surface area contributed by atoms with Crippen LogP contribution in [-0.4, -0.2) is 16.0 Å². The molecular weight excluding hydrogens is 309 g/mol. The Morgan fingerprint density at radius 3 is 2.57 bits per heavy atom. The van der Waals surface area contributed by atoms with Gasteiger partial charge in [0.25, 0.3) is 0 Å². The van der Waals surface area contributed by atoms with Crippen molar-refractivity contribution in [2.24, 2.45) is 0 Å². The maximum absolute atomic E-state index is 12.9. The van der Waals surface area contributed by atoms with Crippen molar-refractivity contribution in [3.8, 4) is 0 Å². The Morgan fingerprint density at radius 2 is 1.95 bits per heavy atom. The number of carbonyl (C=O) groups is 1. The third-order valence-electron chi connectivity index (χ3n) is 2.34. The second-order valence-electron chi connectivity index (χ2n) is 3.86. The van der Waals surface area contributed by atoms with Crippen molar-refractivity contribution < 1.29 is 18.0 Å². The van der Waals surface area contributed by atoms with Crippen molar-refractivity contribution in [1.82, 2.24) is 9.97 Å². The van der Waals surface area contributed by atoms with Crippen LogP contribution in [0.2, 0.25) is 5.02 Å². The highest BCUT2D eigenvalue weighted by Crippen LogP contribution is 2.36. The molecule has 9 heteroatoms. The zero-order valence-electron chi connectivity index (χ0n) is 10.3. The van der Waals surface area contributed by atoms with E-state index in [4.69, 9.17) is 11.6 Å². The third-order valence-corrected chi connectivity index (χ3v) is 2.58. The summed E-state index contributed by atoms with van der Waals surface area (Å²) in [6.07, 6.45) is -0.657. The van der Waals surface area contributed by atoms with Crippen LogP contribution in [0.15, 0.2) is 36.8 Å². The van der Waals surface area contributed by atoms with Crippen LogP contribution >= 0.6 is 11.6 Å². The smallest absolute Gasteiger partial charge is 0.307 e. The molecule has 0 radical (unpaired) electrons. The molecular formula is C12H8ClF3N4O. The number of hydrogen-bond acceptors (Lipinski definition) is 3. The van der Waals surface area contributed by atoms with Gasteiger partial charge < -0.3 is 5.32 Å². The van der Waals surface area contributed by atoms with E-state index in [1.807, 2.05) is 0 Å². The van der Waals surface area contributed by atoms with E-state index in [0.29, 0.717) is 0 Å². The molecule has 2 aromatic rings. The van der Waals surface area contributed by atoms with Gasteiger partial charge in [0.15, 0.2) is 5.82 Å². The van der Waals surface area contributed by atoms with Gasteiger partial charge in [0.05, 0.1) is 17.4 Å². The summed E-state index contributed by atoms with van der Waals surface area (Å²) in [5, 5.41) is 4.27. The average molecular weight is 317 g/mol. The van der Waals surface area contributed by atoms with Gasteiger partial charge in [0.2, 0.25) is 0 Å². The summed E-state index contributed by atoms with van der Waals surface area (Å²) in [6.45, 7) is 0. The molecule has 0 aliphatic carbocycles. The van der Waals surface area contributed by atoms with E-state index in [1.165, 1.54) is 24.7 Å². The SMILES string of the molecule is O=C(Nc1cnccn1)Nc1ccc(Cl)cc1C(F)(F)F. The summed E-state index contributed by atoms with van der Waals surface area (Å²) < 4.78 is 38.6. The Bertz CT molecular complexity index is 649. The van der Waals surface area contributed by atoms with E-state index in [0.717, 1.165) is 12.1 Å². The van der Waals surface area contributed by atoms with Crippen LogP contribution in [0.25, 0.3) is 0 Å². The van der Waals surface area contributed by atoms with Crippen molar-refractivity contribution in [3.05, 3.63) is 47.4 Å². The zero-order valence-corrected chi connectivity index (χ0v) is 11.0. The van der Waals surface area contributed by atoms with E-state index < -0.39 is 23.5 Å². The van der Waals surface area contributed by atoms with Crippen molar-refractivity contribution in [3.63, 3.8) is 0 Å². The lowest BCUT2D eigenvalue weighted by molar-refractivity contribution is -0.136. The quantitative estimate of drug-likeness (QED) is 0.885. The molecule has 2 amide bonds. The van der Waals surface area contributed by atoms with Crippen LogP contribution < -0.4 is 10.6 Å². The molecule has 110 valence electrons. The van der Waals surface area contributed by atoms with E-state index in [-0.39, 0.29) is 10.8 Å². The molecule has 0 saturated carbocycles. The van der Waals surface area contributed by atoms with Crippen LogP contribution in [0.4, 0.5) is 29.5 Å². The zero-order chi connectivity index (χ0) is 15.5. The van der Waals surface area contributed by atoms with Gasteiger partial charge in [0, 0.05) is 17.4 Å². The Labute approximate surface area is 122 Å². The van der Waals surface area contributed by atoms with Crippen LogP contribution in [0.3, 0.4) is 0 Å². The highest BCUT2D eigenvalue weighted by atomic mass is 35.5. The first-order valence-electron chi connectivity index (χ1n) is 5.57. The number of aromatic nitrogens is 2. The van der Waals surface area contributed by atoms with Crippen molar-refractivity contribution in [1.29, 1.82) is 0 Å². The van der Waals surface area contributed by atoms with Crippen LogP contribution in [0, 0.1) is 0 Å². The van der Waals surface area contributed by atoms with Crippen LogP contribution in [0.5, 0.6) is 0 Å². The lowest BCUT2D eigenvalue weighted by atomic mass is 10.1. The summed E-state index contributed by atoms with van der Waals surface area (Å²) in [5.41, 5.74) is -1.45. The predicted molar refractivity (Wildman–Crippen MR) is 71.1 cm³/mol. The molecule has 1 aromatic carbocycles. The fraction of sp³-hybridized carbons (Fsp3) is 0.0833. The molecule has 21 heavy (non-hydrogen) atoms. The highest BCUT2D eigenvalue weighted by molar-refractivity contribution is 6.30. The number of nitrogens with zero attached hydrogens (tertiary/aromatic N) is 2. The van der Waals surface area contributed by atoms with Gasteiger partial charge in [-0.25, -0.2) is 9.78 Å². The topological polar surface area (TPSA) is 66.9 Å². The Balaban J connectivity index is 2.18. The first-order chi connectivity index (χ1) is 9.86. The monoisotopic (exact) mass is 316 g/mol. The number of hydrogen-bond donors (Lipinski definition) is 2. The van der Waals surface area contributed by atoms with Crippen LogP contribution in [-0.2, 0) is 6.18 Å². The number of urea groups is 1. The number of benzene rings is 1. The molecule has 0 bridgehead atoms. The molecule has 0 aliphatic heterocycles. The highest BCUT2D eigenvalue weighted by Gasteiger charge is 2.34. The van der Waals surface area contributed by atoms with Gasteiger partial charge in [-0.3, -0.25) is 10.3 Å². The van der Waals surface area contributed by atoms with Gasteiger partial charge in [-0.05, 0) is 18.2 Å². The first-order valence-corrected chi connectivity index (χ1v) is 5.95. The maximum Gasteiger partial charge on any atom is 0.418 e. The number of nitrogens with one attached hydrogen (secondary N) is 2. The van der Waals surface area contributed by atoms with Crippen LogP contribution in [0.1, 0.15) is 5.56 Å². The molecule has 0 saturated heterocycles. The fourth-order valence-corrected chi connectivity index (χ4v) is 1.67. The van der Waals surface area contributed by atoms with Gasteiger partial charge in [0.1, 0.15) is 0 Å². The Hall–Kier alpha value is -2.35. The number of carbonyl (C=O) groups excluding carboxylic acids is 1. The second kappa shape index (κ2) is 5.96. The Morgan fingerprint density at radius 1 is 1.19 bits per heavy atom. The summed E-state index contributed by atoms with van der Waals surface area (Å²) >= 11 is 5.54. The molecule has 5 nitrogen and oxygen atoms in total. The number of anilines is 2. The third kappa shape index (κ3) is 4.06. The van der Waals surface area contributed by atoms with E-state index in [2.05, 4.69) is 20.6 Å². The molecule has 1 heterocycles. The standard InChI is InChI=1S/C12H8ClF3N4O/c13-7-1-2-9(8(5-7)12(14,15)16)19-11(21)20-10-6-17-3-4-18-10/h1-6H,(H2,18,19,20,21). The number of alkyl halides is 3. The van der Waals surface area contributed by atoms with Gasteiger partial charge in [-0.2, -0.15) is 13.2 Å². The normalized spacial score (nSPS) is 11.0. The average Bonchev–Trinajstić information content (AvgIpc) is 2.40. The van der Waals surface area contributed by atoms with E-state index in [1.54, 1.807) is 0 Å². The Kier molecular flexibility index (Phi) is 4.27. The van der Waals surface area contributed by atoms with Crippen molar-refractivity contribution in [2.45, 2.75) is 6.18 Å². The maximum atomic E-state index is 12.9. The van der Waals surface area contributed by atoms with Crippen molar-refractivity contribution >= 4 is 29.1 Å². The minimum absolute atomic E-state index is 0.0813. The number of halogens is 4. The van der Waals surface area contributed by atoms with Gasteiger partial charge in [-0.1, -0.05) is 11.6 Å². The lowest BCUT2D eigenvalue weighted by Gasteiger charge is -2.14. The largest absolute Gasteiger partial charge is 0.418 e. The summed E-state index contributed by atoms with van der Waals surface area (Å²) in [4.78, 5) is 19.1. The predicted octanol–water partition coefficient (Wildman–Crippen LogP) is 3.79. The first kappa shape index (κ1) is 15.0. The summed E-state index contributed by atoms with van der Waals surface area (Å²) in [5.74, 6) is 0.109. The molecule has 1 aromatic heterocycles. The molecule has 0 aliphatic rings. The molecule has 0 atom stereocenters. The summed E-state index contributed by atoms with van der Waals surface area (Å²) in [6, 6.07) is 2.18. The molecule has 0 spiro atoms. The van der Waals surface area contributed by atoms with Gasteiger partial charge >= 0.3 is 12.2 Å². The van der Waals surface area contributed by atoms with E-state index in [9.17, 15) is 18.0 Å². The minimum Gasteiger partial charge on any atom is -0.307 e. The number of rotatable bonds is 2. The molecule has 2 N–H and O–H groups in total. The minimum atomic E-state index is -4.64. The molecule has 0 fully saturated rings. The van der Waals surface area contributed by atoms with E-state index >= 15 is 0 Å². The second-order valence-corrected chi connectivity index (χ2v) is 4.29.